The molecule has 2 nitrogen and oxygen atoms in total. The van der Waals surface area contributed by atoms with Crippen molar-refractivity contribution < 1.29 is 4.21 Å². The Kier molecular flexibility index (Phi) is 7.91. The molecule has 0 aromatic carbocycles. The fourth-order valence-corrected chi connectivity index (χ4v) is 2.15. The van der Waals surface area contributed by atoms with Gasteiger partial charge in [0.25, 0.3) is 0 Å². The van der Waals surface area contributed by atoms with E-state index < -0.39 is 10.8 Å². The van der Waals surface area contributed by atoms with Gasteiger partial charge in [-0.3, -0.25) is 4.21 Å². The van der Waals surface area contributed by atoms with Gasteiger partial charge in [0.1, 0.15) is 0 Å². The van der Waals surface area contributed by atoms with Gasteiger partial charge in [-0.1, -0.05) is 0 Å². The topological polar surface area (TPSA) is 43.1 Å². The first-order valence-corrected chi connectivity index (χ1v) is 6.23. The van der Waals surface area contributed by atoms with E-state index in [9.17, 15) is 4.21 Å². The summed E-state index contributed by atoms with van der Waals surface area (Å²) in [5.74, 6) is 2.59. The predicted octanol–water partition coefficient (Wildman–Crippen LogP) is 0.447. The van der Waals surface area contributed by atoms with Gasteiger partial charge in [-0.2, -0.15) is 11.8 Å². The summed E-state index contributed by atoms with van der Waals surface area (Å²) in [7, 11) is -0.660. The molecule has 4 heteroatoms. The first-order chi connectivity index (χ1) is 4.81. The van der Waals surface area contributed by atoms with E-state index in [0.29, 0.717) is 12.3 Å². The van der Waals surface area contributed by atoms with E-state index in [1.54, 1.807) is 11.8 Å². The predicted molar refractivity (Wildman–Crippen MR) is 49.9 cm³/mol. The van der Waals surface area contributed by atoms with Crippen molar-refractivity contribution in [1.82, 2.24) is 0 Å². The van der Waals surface area contributed by atoms with E-state index in [-0.39, 0.29) is 0 Å². The monoisotopic (exact) mass is 181 g/mol. The Balaban J connectivity index is 3.05. The molecule has 0 spiro atoms. The quantitative estimate of drug-likeness (QED) is 0.605. The highest BCUT2D eigenvalue weighted by atomic mass is 32.2. The smallest absolute Gasteiger partial charge is 0.0357 e. The average Bonchev–Trinajstić information content (AvgIpc) is 1.89. The van der Waals surface area contributed by atoms with Crippen LogP contribution < -0.4 is 5.73 Å². The lowest BCUT2D eigenvalue weighted by Gasteiger charge is -1.97. The van der Waals surface area contributed by atoms with Crippen LogP contribution in [0.5, 0.6) is 0 Å². The lowest BCUT2D eigenvalue weighted by atomic mass is 10.6. The molecule has 0 aromatic rings. The van der Waals surface area contributed by atoms with E-state index in [2.05, 4.69) is 6.26 Å². The van der Waals surface area contributed by atoms with E-state index in [4.69, 9.17) is 5.73 Å². The molecule has 1 unspecified atom stereocenters. The first kappa shape index (κ1) is 10.5. The lowest BCUT2D eigenvalue weighted by Crippen LogP contribution is -2.12. The van der Waals surface area contributed by atoms with Gasteiger partial charge in [0.15, 0.2) is 0 Å². The molecule has 2 N–H and O–H groups in total. The molecule has 62 valence electrons. The van der Waals surface area contributed by atoms with Crippen LogP contribution >= 0.6 is 11.8 Å². The average molecular weight is 181 g/mol. The Hall–Kier alpha value is 0.460. The summed E-state index contributed by atoms with van der Waals surface area (Å²) < 4.78 is 10.9. The van der Waals surface area contributed by atoms with Crippen molar-refractivity contribution in [3.63, 3.8) is 0 Å². The van der Waals surface area contributed by atoms with Gasteiger partial charge in [-0.15, -0.1) is 0 Å². The maximum absolute atomic E-state index is 10.9. The van der Waals surface area contributed by atoms with Crippen LogP contribution in [0, 0.1) is 0 Å². The molecular formula is C6H15NOS2. The molecule has 0 aliphatic rings. The molecule has 0 rings (SSSR count). The van der Waals surface area contributed by atoms with Crippen LogP contribution in [0.1, 0.15) is 6.42 Å². The molecule has 0 saturated heterocycles. The van der Waals surface area contributed by atoms with Crippen molar-refractivity contribution in [2.45, 2.75) is 6.42 Å². The van der Waals surface area contributed by atoms with Gasteiger partial charge in [-0.25, -0.2) is 0 Å². The zero-order chi connectivity index (χ0) is 7.82. The van der Waals surface area contributed by atoms with Crippen LogP contribution in [0.25, 0.3) is 0 Å². The molecule has 0 amide bonds. The molecule has 0 bridgehead atoms. The minimum Gasteiger partial charge on any atom is -0.330 e. The molecule has 0 aliphatic heterocycles. The number of rotatable bonds is 6. The van der Waals surface area contributed by atoms with Gasteiger partial charge in [0.05, 0.1) is 0 Å². The highest BCUT2D eigenvalue weighted by molar-refractivity contribution is 7.98. The number of hydrogen-bond acceptors (Lipinski definition) is 3. The van der Waals surface area contributed by atoms with E-state index in [0.717, 1.165) is 17.9 Å². The molecule has 0 aromatic heterocycles. The molecule has 0 aliphatic carbocycles. The Morgan fingerprint density at radius 1 is 1.50 bits per heavy atom. The van der Waals surface area contributed by atoms with Gasteiger partial charge in [0.2, 0.25) is 0 Å². The minimum atomic E-state index is -0.660. The summed E-state index contributed by atoms with van der Waals surface area (Å²) in [5, 5.41) is 0. The molecule has 1 atom stereocenters. The summed E-state index contributed by atoms with van der Waals surface area (Å²) in [5.41, 5.74) is 5.24. The van der Waals surface area contributed by atoms with Crippen molar-refractivity contribution >= 4 is 22.6 Å². The van der Waals surface area contributed by atoms with Crippen LogP contribution in [-0.2, 0) is 10.8 Å². The molecular weight excluding hydrogens is 166 g/mol. The Morgan fingerprint density at radius 3 is 2.70 bits per heavy atom. The van der Waals surface area contributed by atoms with Crippen LogP contribution in [0.3, 0.4) is 0 Å². The summed E-state index contributed by atoms with van der Waals surface area (Å²) in [6.45, 7) is 0.547. The third-order valence-electron chi connectivity index (χ3n) is 1.07. The lowest BCUT2D eigenvalue weighted by molar-refractivity contribution is 0.681. The maximum atomic E-state index is 10.9. The minimum absolute atomic E-state index is 0.547. The number of hydrogen-bond donors (Lipinski definition) is 1. The second-order valence-electron chi connectivity index (χ2n) is 1.98. The second-order valence-corrected chi connectivity index (χ2v) is 4.66. The van der Waals surface area contributed by atoms with Crippen molar-refractivity contribution in [1.29, 1.82) is 0 Å². The van der Waals surface area contributed by atoms with Gasteiger partial charge in [0, 0.05) is 28.9 Å². The fraction of sp³-hybridized carbons (Fsp3) is 1.00. The standard InChI is InChI=1S/C6H15NOS2/c1-9-4-2-5-10(8)6-3-7/h2-7H2,1H3. The van der Waals surface area contributed by atoms with Crippen LogP contribution in [0.15, 0.2) is 0 Å². The zero-order valence-corrected chi connectivity index (χ0v) is 7.97. The molecule has 0 heterocycles. The molecule has 0 saturated carbocycles. The van der Waals surface area contributed by atoms with Crippen molar-refractivity contribution in [3.8, 4) is 0 Å². The third-order valence-corrected chi connectivity index (χ3v) is 3.20. The van der Waals surface area contributed by atoms with Gasteiger partial charge < -0.3 is 5.73 Å². The van der Waals surface area contributed by atoms with Gasteiger partial charge >= 0.3 is 0 Å². The zero-order valence-electron chi connectivity index (χ0n) is 6.34. The summed E-state index contributed by atoms with van der Waals surface area (Å²) in [6.07, 6.45) is 3.11. The Bertz CT molecular complexity index is 97.7. The molecule has 0 radical (unpaired) electrons. The van der Waals surface area contributed by atoms with Crippen LogP contribution in [-0.4, -0.2) is 34.3 Å². The highest BCUT2D eigenvalue weighted by Gasteiger charge is 1.95. The van der Waals surface area contributed by atoms with Crippen molar-refractivity contribution in [2.24, 2.45) is 5.73 Å². The van der Waals surface area contributed by atoms with Crippen molar-refractivity contribution in [2.75, 3.05) is 30.1 Å². The van der Waals surface area contributed by atoms with E-state index in [1.165, 1.54) is 0 Å². The van der Waals surface area contributed by atoms with Crippen LogP contribution in [0.2, 0.25) is 0 Å². The van der Waals surface area contributed by atoms with Gasteiger partial charge in [-0.05, 0) is 18.4 Å². The maximum Gasteiger partial charge on any atom is 0.0357 e. The summed E-state index contributed by atoms with van der Waals surface area (Å²) in [6, 6.07) is 0. The molecule has 0 fully saturated rings. The summed E-state index contributed by atoms with van der Waals surface area (Å²) in [4.78, 5) is 0. The molecule has 10 heavy (non-hydrogen) atoms. The fourth-order valence-electron chi connectivity index (χ4n) is 0.598. The summed E-state index contributed by atoms with van der Waals surface area (Å²) >= 11 is 1.80. The Labute approximate surface area is 69.4 Å². The third kappa shape index (κ3) is 6.58. The SMILES string of the molecule is CSCCCS(=O)CCN. The normalized spacial score (nSPS) is 13.4. The van der Waals surface area contributed by atoms with Crippen molar-refractivity contribution in [3.05, 3.63) is 0 Å². The first-order valence-electron chi connectivity index (χ1n) is 3.35. The number of thioether (sulfide) groups is 1. The largest absolute Gasteiger partial charge is 0.330 e. The second kappa shape index (κ2) is 7.57. The van der Waals surface area contributed by atoms with E-state index >= 15 is 0 Å². The van der Waals surface area contributed by atoms with E-state index in [1.807, 2.05) is 0 Å². The Morgan fingerprint density at radius 2 is 2.20 bits per heavy atom. The highest BCUT2D eigenvalue weighted by Crippen LogP contribution is 1.96. The number of nitrogens with two attached hydrogens (primary N) is 1. The van der Waals surface area contributed by atoms with Crippen LogP contribution in [0.4, 0.5) is 0 Å².